The molecule has 12 heteroatoms. The fourth-order valence-corrected chi connectivity index (χ4v) is 8.59. The van der Waals surface area contributed by atoms with E-state index in [0.717, 1.165) is 47.0 Å². The van der Waals surface area contributed by atoms with E-state index in [1.54, 1.807) is 53.5 Å². The number of sulfonamides is 1. The van der Waals surface area contributed by atoms with Crippen molar-refractivity contribution >= 4 is 53.9 Å². The van der Waals surface area contributed by atoms with E-state index in [1.807, 2.05) is 18.2 Å². The van der Waals surface area contributed by atoms with Gasteiger partial charge in [-0.15, -0.1) is 0 Å². The van der Waals surface area contributed by atoms with Crippen LogP contribution in [0.3, 0.4) is 0 Å². The largest absolute Gasteiger partial charge is 0.353 e. The first-order chi connectivity index (χ1) is 20.1. The van der Waals surface area contributed by atoms with E-state index in [0.29, 0.717) is 11.4 Å². The maximum absolute atomic E-state index is 13.4. The number of nitrogens with zero attached hydrogens (tertiary/aromatic N) is 4. The van der Waals surface area contributed by atoms with Gasteiger partial charge in [-0.25, -0.2) is 21.8 Å². The standard InChI is InChI=1S/C30H29N5O5S2/c1-34-26-19-31-24-9-8-20(16-23(24)27(26)30(29(34)36)10-5-11-30)21-17-25(33-42(39,40)22-6-3-2-4-7-22)28(32-18-21)35-12-14-41(37,38)15-13-35/h2-4,6-9,16-19,33H,5,10-15H2,1H3. The average molecular weight is 604 g/mol. The molecule has 0 unspecified atom stereocenters. The van der Waals surface area contributed by atoms with Crippen molar-refractivity contribution in [3.63, 3.8) is 0 Å². The number of hydrogen-bond donors (Lipinski definition) is 1. The van der Waals surface area contributed by atoms with E-state index in [1.165, 1.54) is 12.1 Å². The second-order valence-electron chi connectivity index (χ2n) is 11.2. The Labute approximate surface area is 244 Å². The second-order valence-corrected chi connectivity index (χ2v) is 15.2. The summed E-state index contributed by atoms with van der Waals surface area (Å²) in [5.41, 5.74) is 3.85. The normalized spacial score (nSPS) is 19.1. The highest BCUT2D eigenvalue weighted by Gasteiger charge is 2.54. The molecule has 0 atom stereocenters. The fourth-order valence-electron chi connectivity index (χ4n) is 6.32. The summed E-state index contributed by atoms with van der Waals surface area (Å²) in [6, 6.07) is 15.6. The van der Waals surface area contributed by atoms with Gasteiger partial charge in [-0.1, -0.05) is 30.7 Å². The van der Waals surface area contributed by atoms with E-state index >= 15 is 0 Å². The van der Waals surface area contributed by atoms with Gasteiger partial charge in [-0.3, -0.25) is 14.5 Å². The van der Waals surface area contributed by atoms with Gasteiger partial charge in [0.25, 0.3) is 10.0 Å². The van der Waals surface area contributed by atoms with Crippen LogP contribution in [0.15, 0.2) is 71.9 Å². The number of carbonyl (C=O) groups excluding carboxylic acids is 1. The third-order valence-corrected chi connectivity index (χ3v) is 11.7. The maximum atomic E-state index is 13.4. The topological polar surface area (TPSA) is 130 Å². The molecule has 3 aliphatic rings. The van der Waals surface area contributed by atoms with Gasteiger partial charge in [0.1, 0.15) is 0 Å². The summed E-state index contributed by atoms with van der Waals surface area (Å²) in [5.74, 6) is 0.422. The van der Waals surface area contributed by atoms with Crippen LogP contribution in [0.25, 0.3) is 22.0 Å². The molecule has 0 radical (unpaired) electrons. The van der Waals surface area contributed by atoms with Gasteiger partial charge in [-0.05, 0) is 48.7 Å². The first-order valence-electron chi connectivity index (χ1n) is 13.8. The average Bonchev–Trinajstić information content (AvgIpc) is 3.20. The van der Waals surface area contributed by atoms with Crippen LogP contribution >= 0.6 is 0 Å². The molecular formula is C30H29N5O5S2. The molecule has 2 aromatic heterocycles. The summed E-state index contributed by atoms with van der Waals surface area (Å²) in [4.78, 5) is 26.2. The Bertz CT molecular complexity index is 1960. The number of rotatable bonds is 5. The minimum Gasteiger partial charge on any atom is -0.353 e. The van der Waals surface area contributed by atoms with Crippen molar-refractivity contribution in [2.45, 2.75) is 29.6 Å². The summed E-state index contributed by atoms with van der Waals surface area (Å²) < 4.78 is 53.6. The monoisotopic (exact) mass is 603 g/mol. The molecule has 7 rings (SSSR count). The van der Waals surface area contributed by atoms with Crippen LogP contribution in [0.1, 0.15) is 24.8 Å². The van der Waals surface area contributed by atoms with Crippen molar-refractivity contribution in [2.24, 2.45) is 0 Å². The van der Waals surface area contributed by atoms with Crippen molar-refractivity contribution in [1.82, 2.24) is 9.97 Å². The number of pyridine rings is 2. The minimum absolute atomic E-state index is 0.0288. The van der Waals surface area contributed by atoms with Crippen LogP contribution in [-0.2, 0) is 30.1 Å². The summed E-state index contributed by atoms with van der Waals surface area (Å²) in [7, 11) is -5.30. The van der Waals surface area contributed by atoms with Crippen LogP contribution in [0.4, 0.5) is 17.2 Å². The second kappa shape index (κ2) is 9.50. The van der Waals surface area contributed by atoms with Gasteiger partial charge < -0.3 is 9.80 Å². The zero-order chi connectivity index (χ0) is 29.3. The molecule has 4 heterocycles. The van der Waals surface area contributed by atoms with Crippen molar-refractivity contribution in [3.8, 4) is 11.1 Å². The lowest BCUT2D eigenvalue weighted by Gasteiger charge is -2.37. The van der Waals surface area contributed by atoms with Crippen LogP contribution in [-0.4, -0.2) is 64.4 Å². The Hall–Kier alpha value is -4.03. The maximum Gasteiger partial charge on any atom is 0.262 e. The first-order valence-corrected chi connectivity index (χ1v) is 17.1. The highest BCUT2D eigenvalue weighted by atomic mass is 32.2. The number of carbonyl (C=O) groups is 1. The molecule has 1 aliphatic carbocycles. The van der Waals surface area contributed by atoms with Crippen molar-refractivity contribution < 1.29 is 21.6 Å². The number of sulfone groups is 1. The predicted octanol–water partition coefficient (Wildman–Crippen LogP) is 3.73. The van der Waals surface area contributed by atoms with Gasteiger partial charge in [-0.2, -0.15) is 0 Å². The molecule has 216 valence electrons. The molecule has 4 aromatic rings. The summed E-state index contributed by atoms with van der Waals surface area (Å²) in [6.45, 7) is 0.429. The Morgan fingerprint density at radius 3 is 2.36 bits per heavy atom. The first kappa shape index (κ1) is 26.8. The van der Waals surface area contributed by atoms with Crippen molar-refractivity contribution in [3.05, 3.63) is 72.6 Å². The fraction of sp³-hybridized carbons (Fsp3) is 0.300. The number of aromatic nitrogens is 2. The van der Waals surface area contributed by atoms with Crippen molar-refractivity contribution in [1.29, 1.82) is 0 Å². The van der Waals surface area contributed by atoms with E-state index in [2.05, 4.69) is 14.7 Å². The molecule has 2 fully saturated rings. The van der Waals surface area contributed by atoms with Crippen LogP contribution < -0.4 is 14.5 Å². The van der Waals surface area contributed by atoms with E-state index < -0.39 is 25.3 Å². The molecule has 1 saturated heterocycles. The van der Waals surface area contributed by atoms with Crippen molar-refractivity contribution in [2.75, 3.05) is 46.2 Å². The van der Waals surface area contributed by atoms with Gasteiger partial charge in [0.2, 0.25) is 5.91 Å². The Morgan fingerprint density at radius 2 is 1.67 bits per heavy atom. The van der Waals surface area contributed by atoms with E-state index in [-0.39, 0.29) is 41.1 Å². The molecule has 1 amide bonds. The lowest BCUT2D eigenvalue weighted by atomic mass is 9.64. The molecule has 0 bridgehead atoms. The smallest absolute Gasteiger partial charge is 0.262 e. The molecule has 2 aliphatic heterocycles. The highest BCUT2D eigenvalue weighted by molar-refractivity contribution is 7.92. The molecule has 2 aromatic carbocycles. The number of anilines is 3. The molecule has 1 saturated carbocycles. The Kier molecular flexibility index (Phi) is 6.07. The lowest BCUT2D eigenvalue weighted by molar-refractivity contribution is -0.125. The number of fused-ring (bicyclic) bond motifs is 4. The van der Waals surface area contributed by atoms with Gasteiger partial charge in [0.05, 0.1) is 44.9 Å². The zero-order valence-electron chi connectivity index (χ0n) is 22.9. The third-order valence-electron chi connectivity index (χ3n) is 8.75. The number of likely N-dealkylation sites (N-methyl/N-ethyl adjacent to an activating group) is 1. The Morgan fingerprint density at radius 1 is 0.929 bits per heavy atom. The number of benzene rings is 2. The molecule has 42 heavy (non-hydrogen) atoms. The number of hydrogen-bond acceptors (Lipinski definition) is 8. The van der Waals surface area contributed by atoms with Gasteiger partial charge >= 0.3 is 0 Å². The third kappa shape index (κ3) is 4.23. The minimum atomic E-state index is -3.95. The molecular weight excluding hydrogens is 574 g/mol. The van der Waals surface area contributed by atoms with Crippen LogP contribution in [0.5, 0.6) is 0 Å². The van der Waals surface area contributed by atoms with E-state index in [4.69, 9.17) is 0 Å². The summed E-state index contributed by atoms with van der Waals surface area (Å²) >= 11 is 0. The zero-order valence-corrected chi connectivity index (χ0v) is 24.6. The number of nitrogens with one attached hydrogen (secondary N) is 1. The SMILES string of the molecule is CN1C(=O)C2(CCC2)c2c1cnc1ccc(-c3cnc(N4CCS(=O)(=O)CC4)c(NS(=O)(=O)c4ccccc4)c3)cc21. The highest BCUT2D eigenvalue weighted by Crippen LogP contribution is 2.55. The molecule has 1 N–H and O–H groups in total. The van der Waals surface area contributed by atoms with Gasteiger partial charge in [0, 0.05) is 42.8 Å². The van der Waals surface area contributed by atoms with Crippen LogP contribution in [0, 0.1) is 0 Å². The quantitative estimate of drug-likeness (QED) is 0.365. The Balaban J connectivity index is 1.34. The number of amides is 1. The molecule has 10 nitrogen and oxygen atoms in total. The molecule has 1 spiro atoms. The van der Waals surface area contributed by atoms with Gasteiger partial charge in [0.15, 0.2) is 15.7 Å². The summed E-state index contributed by atoms with van der Waals surface area (Å²) in [6.07, 6.45) is 6.05. The predicted molar refractivity (Wildman–Crippen MR) is 162 cm³/mol. The lowest BCUT2D eigenvalue weighted by Crippen LogP contribution is -2.43. The summed E-state index contributed by atoms with van der Waals surface area (Å²) in [5, 5.41) is 0.902. The van der Waals surface area contributed by atoms with E-state index in [9.17, 15) is 21.6 Å². The van der Waals surface area contributed by atoms with Crippen LogP contribution in [0.2, 0.25) is 0 Å².